The van der Waals surface area contributed by atoms with E-state index in [2.05, 4.69) is 76.2 Å². The Balaban J connectivity index is 0.000000646. The minimum absolute atomic E-state index is 0.463. The van der Waals surface area contributed by atoms with Crippen molar-refractivity contribution in [3.63, 3.8) is 0 Å². The average Bonchev–Trinajstić information content (AvgIpc) is 2.57. The number of halogens is 1. The summed E-state index contributed by atoms with van der Waals surface area (Å²) >= 11 is 3.50. The van der Waals surface area contributed by atoms with Gasteiger partial charge in [0.05, 0.1) is 5.52 Å². The van der Waals surface area contributed by atoms with E-state index < -0.39 is 7.82 Å². The predicted molar refractivity (Wildman–Crippen MR) is 114 cm³/mol. The molecule has 9 heteroatoms. The van der Waals surface area contributed by atoms with Crippen molar-refractivity contribution < 1.29 is 19.2 Å². The van der Waals surface area contributed by atoms with Crippen LogP contribution in [0.5, 0.6) is 0 Å². The summed E-state index contributed by atoms with van der Waals surface area (Å²) in [5, 5.41) is 4.82. The fourth-order valence-electron chi connectivity index (χ4n) is 2.75. The molecule has 1 atom stereocenters. The fourth-order valence-corrected chi connectivity index (χ4v) is 3.09. The summed E-state index contributed by atoms with van der Waals surface area (Å²) < 4.78 is 9.95. The minimum atomic E-state index is -4.64. The van der Waals surface area contributed by atoms with E-state index in [1.807, 2.05) is 6.20 Å². The summed E-state index contributed by atoms with van der Waals surface area (Å²) in [6, 6.07) is 8.78. The molecule has 0 spiro atoms. The van der Waals surface area contributed by atoms with Crippen LogP contribution in [0.3, 0.4) is 0 Å². The molecule has 2 aromatic rings. The van der Waals surface area contributed by atoms with E-state index in [1.165, 1.54) is 30.5 Å². The van der Waals surface area contributed by atoms with Gasteiger partial charge in [0.15, 0.2) is 0 Å². The van der Waals surface area contributed by atoms with Gasteiger partial charge in [-0.3, -0.25) is 4.98 Å². The van der Waals surface area contributed by atoms with Crippen molar-refractivity contribution >= 4 is 40.3 Å². The molecule has 27 heavy (non-hydrogen) atoms. The molecule has 4 N–H and O–H groups in total. The SMILES string of the molecule is CCN(CC)CCCC(C)Nc1ccnc2cc(Br)ccc12.O=P(O)(O)O. The summed E-state index contributed by atoms with van der Waals surface area (Å²) in [5.41, 5.74) is 2.20. The number of anilines is 1. The third kappa shape index (κ3) is 10.2. The van der Waals surface area contributed by atoms with Gasteiger partial charge in [-0.25, -0.2) is 4.57 Å². The number of pyridine rings is 1. The molecule has 0 radical (unpaired) electrons. The topological polar surface area (TPSA) is 106 Å². The van der Waals surface area contributed by atoms with Crippen molar-refractivity contribution in [2.24, 2.45) is 0 Å². The van der Waals surface area contributed by atoms with E-state index in [1.54, 1.807) is 0 Å². The molecule has 0 fully saturated rings. The molecule has 152 valence electrons. The van der Waals surface area contributed by atoms with Gasteiger partial charge in [0.1, 0.15) is 0 Å². The lowest BCUT2D eigenvalue weighted by atomic mass is 10.1. The third-order valence-electron chi connectivity index (χ3n) is 4.11. The average molecular weight is 462 g/mol. The first-order valence-electron chi connectivity index (χ1n) is 8.95. The van der Waals surface area contributed by atoms with Crippen LogP contribution in [-0.2, 0) is 4.57 Å². The molecule has 0 aliphatic rings. The van der Waals surface area contributed by atoms with Crippen molar-refractivity contribution in [3.05, 3.63) is 34.9 Å². The molecular weight excluding hydrogens is 433 g/mol. The van der Waals surface area contributed by atoms with Gasteiger partial charge in [-0.1, -0.05) is 29.8 Å². The van der Waals surface area contributed by atoms with Crippen LogP contribution in [0, 0.1) is 0 Å². The van der Waals surface area contributed by atoms with Crippen LogP contribution in [0.1, 0.15) is 33.6 Å². The largest absolute Gasteiger partial charge is 0.466 e. The molecule has 0 saturated heterocycles. The molecule has 1 aromatic carbocycles. The van der Waals surface area contributed by atoms with Crippen molar-refractivity contribution in [2.45, 2.75) is 39.7 Å². The monoisotopic (exact) mass is 461 g/mol. The second kappa shape index (κ2) is 11.7. The summed E-state index contributed by atoms with van der Waals surface area (Å²) in [7, 11) is -4.64. The second-order valence-corrected chi connectivity index (χ2v) is 8.19. The standard InChI is InChI=1S/C18H26BrN3.H3O4P/c1-4-22(5-2)12-6-7-14(3)21-17-10-11-20-18-13-15(19)8-9-16(17)18;1-5(2,3)4/h8-11,13-14H,4-7,12H2,1-3H3,(H,20,21);(H3,1,2,3,4). The molecule has 0 aliphatic heterocycles. The van der Waals surface area contributed by atoms with Crippen molar-refractivity contribution in [1.82, 2.24) is 9.88 Å². The Kier molecular flexibility index (Phi) is 10.4. The maximum absolute atomic E-state index is 8.88. The molecule has 1 aromatic heterocycles. The predicted octanol–water partition coefficient (Wildman–Crippen LogP) is 3.99. The molecule has 0 saturated carbocycles. The van der Waals surface area contributed by atoms with E-state index >= 15 is 0 Å². The van der Waals surface area contributed by atoms with Crippen LogP contribution < -0.4 is 5.32 Å². The number of nitrogens with one attached hydrogen (secondary N) is 1. The first-order valence-corrected chi connectivity index (χ1v) is 11.3. The van der Waals surface area contributed by atoms with E-state index in [9.17, 15) is 0 Å². The summed E-state index contributed by atoms with van der Waals surface area (Å²) in [4.78, 5) is 28.5. The smallest absolute Gasteiger partial charge is 0.382 e. The number of fused-ring (bicyclic) bond motifs is 1. The first-order chi connectivity index (χ1) is 12.6. The highest BCUT2D eigenvalue weighted by Crippen LogP contribution is 2.26. The summed E-state index contributed by atoms with van der Waals surface area (Å²) in [5.74, 6) is 0. The van der Waals surface area contributed by atoms with Gasteiger partial charge >= 0.3 is 7.82 Å². The molecule has 2 rings (SSSR count). The quantitative estimate of drug-likeness (QED) is 0.440. The molecule has 1 unspecified atom stereocenters. The third-order valence-corrected chi connectivity index (χ3v) is 4.61. The highest BCUT2D eigenvalue weighted by atomic mass is 79.9. The highest BCUT2D eigenvalue weighted by Gasteiger charge is 2.07. The van der Waals surface area contributed by atoms with Gasteiger partial charge in [0, 0.05) is 27.8 Å². The van der Waals surface area contributed by atoms with Gasteiger partial charge in [-0.05, 0) is 63.7 Å². The van der Waals surface area contributed by atoms with Gasteiger partial charge in [-0.15, -0.1) is 0 Å². The van der Waals surface area contributed by atoms with Crippen LogP contribution in [-0.4, -0.2) is 50.2 Å². The molecule has 0 amide bonds. The van der Waals surface area contributed by atoms with E-state index in [0.29, 0.717) is 6.04 Å². The molecule has 1 heterocycles. The van der Waals surface area contributed by atoms with Crippen molar-refractivity contribution in [2.75, 3.05) is 25.0 Å². The fraction of sp³-hybridized carbons (Fsp3) is 0.500. The maximum atomic E-state index is 8.88. The molecular formula is C18H29BrN3O4P. The highest BCUT2D eigenvalue weighted by molar-refractivity contribution is 9.10. The number of rotatable bonds is 8. The zero-order chi connectivity index (χ0) is 20.4. The number of aromatic nitrogens is 1. The molecule has 0 bridgehead atoms. The Morgan fingerprint density at radius 1 is 1.22 bits per heavy atom. The van der Waals surface area contributed by atoms with Crippen molar-refractivity contribution in [1.29, 1.82) is 0 Å². The van der Waals surface area contributed by atoms with Crippen LogP contribution in [0.2, 0.25) is 0 Å². The number of hydrogen-bond donors (Lipinski definition) is 4. The van der Waals surface area contributed by atoms with E-state index in [-0.39, 0.29) is 0 Å². The zero-order valence-corrected chi connectivity index (χ0v) is 18.4. The minimum Gasteiger partial charge on any atom is -0.382 e. The number of phosphoric acid groups is 1. The Labute approximate surface area is 169 Å². The number of hydrogen-bond acceptors (Lipinski definition) is 4. The van der Waals surface area contributed by atoms with Gasteiger partial charge < -0.3 is 24.9 Å². The molecule has 0 aliphatic carbocycles. The second-order valence-electron chi connectivity index (χ2n) is 6.25. The molecule has 7 nitrogen and oxygen atoms in total. The van der Waals surface area contributed by atoms with Gasteiger partial charge in [0.25, 0.3) is 0 Å². The van der Waals surface area contributed by atoms with Gasteiger partial charge in [-0.2, -0.15) is 0 Å². The Bertz CT molecular complexity index is 744. The van der Waals surface area contributed by atoms with E-state index in [4.69, 9.17) is 19.2 Å². The van der Waals surface area contributed by atoms with Crippen LogP contribution in [0.4, 0.5) is 5.69 Å². The lowest BCUT2D eigenvalue weighted by Crippen LogP contribution is -2.25. The zero-order valence-electron chi connectivity index (χ0n) is 16.0. The van der Waals surface area contributed by atoms with Crippen molar-refractivity contribution in [3.8, 4) is 0 Å². The summed E-state index contributed by atoms with van der Waals surface area (Å²) in [6.45, 7) is 10.2. The number of benzene rings is 1. The lowest BCUT2D eigenvalue weighted by Gasteiger charge is -2.20. The Hall–Kier alpha value is -1.02. The van der Waals surface area contributed by atoms with Crippen LogP contribution in [0.25, 0.3) is 10.9 Å². The van der Waals surface area contributed by atoms with Crippen LogP contribution >= 0.6 is 23.8 Å². The van der Waals surface area contributed by atoms with Crippen LogP contribution in [0.15, 0.2) is 34.9 Å². The van der Waals surface area contributed by atoms with Gasteiger partial charge in [0.2, 0.25) is 0 Å². The Morgan fingerprint density at radius 3 is 2.44 bits per heavy atom. The lowest BCUT2D eigenvalue weighted by molar-refractivity contribution is 0.275. The summed E-state index contributed by atoms with van der Waals surface area (Å²) in [6.07, 6.45) is 4.28. The Morgan fingerprint density at radius 2 is 1.85 bits per heavy atom. The number of nitrogens with zero attached hydrogens (tertiary/aromatic N) is 2. The normalized spacial score (nSPS) is 12.6. The first kappa shape index (κ1) is 24.0. The van der Waals surface area contributed by atoms with E-state index in [0.717, 1.165) is 23.1 Å². The maximum Gasteiger partial charge on any atom is 0.466 e.